The summed E-state index contributed by atoms with van der Waals surface area (Å²) in [5.41, 5.74) is 24.8. The van der Waals surface area contributed by atoms with Crippen LogP contribution in [0.4, 0.5) is 17.8 Å². The third-order valence-corrected chi connectivity index (χ3v) is 6.04. The number of aliphatic hydroxyl groups is 1. The first-order valence-corrected chi connectivity index (χ1v) is 10.6. The summed E-state index contributed by atoms with van der Waals surface area (Å²) in [6, 6.07) is -0.0465. The van der Waals surface area contributed by atoms with Gasteiger partial charge in [0.25, 0.3) is 0 Å². The Morgan fingerprint density at radius 2 is 1.20 bits per heavy atom. The van der Waals surface area contributed by atoms with Gasteiger partial charge in [0, 0.05) is 56.9 Å². The Bertz CT molecular complexity index is 647. The number of piperidine rings is 2. The number of nitrogens with zero attached hydrogens (tertiary/aromatic N) is 6. The molecule has 3 aliphatic rings. The molecule has 3 aliphatic heterocycles. The lowest BCUT2D eigenvalue weighted by Crippen LogP contribution is -2.54. The Morgan fingerprint density at radius 3 is 1.63 bits per heavy atom. The highest BCUT2D eigenvalue weighted by Crippen LogP contribution is 2.27. The van der Waals surface area contributed by atoms with Crippen molar-refractivity contribution < 1.29 is 5.11 Å². The molecule has 0 amide bonds. The molecule has 4 heterocycles. The Hall–Kier alpha value is -1.50. The molecule has 11 nitrogen and oxygen atoms in total. The third-order valence-electron chi connectivity index (χ3n) is 6.04. The van der Waals surface area contributed by atoms with Gasteiger partial charge in [0.05, 0.1) is 12.6 Å². The van der Waals surface area contributed by atoms with Crippen molar-refractivity contribution in [3.63, 3.8) is 0 Å². The zero-order valence-electron chi connectivity index (χ0n) is 17.3. The lowest BCUT2D eigenvalue weighted by atomic mass is 10.0. The van der Waals surface area contributed by atoms with Gasteiger partial charge in [-0.05, 0) is 25.7 Å². The van der Waals surface area contributed by atoms with E-state index >= 15 is 0 Å². The lowest BCUT2D eigenvalue weighted by Gasteiger charge is -2.37. The highest BCUT2D eigenvalue weighted by molar-refractivity contribution is 5.85. The van der Waals surface area contributed by atoms with Gasteiger partial charge in [-0.15, -0.1) is 12.4 Å². The molecule has 9 N–H and O–H groups in total. The fourth-order valence-corrected chi connectivity index (χ4v) is 4.73. The minimum atomic E-state index is -0.0174. The van der Waals surface area contributed by atoms with Crippen LogP contribution in [0, 0.1) is 0 Å². The fourth-order valence-electron chi connectivity index (χ4n) is 4.73. The number of rotatable bonds is 4. The van der Waals surface area contributed by atoms with Crippen molar-refractivity contribution in [2.75, 3.05) is 54.0 Å². The van der Waals surface area contributed by atoms with Gasteiger partial charge in [-0.1, -0.05) is 0 Å². The molecule has 0 spiro atoms. The molecule has 4 rings (SSSR count). The maximum absolute atomic E-state index is 9.77. The van der Waals surface area contributed by atoms with Gasteiger partial charge in [0.1, 0.15) is 0 Å². The average Bonchev–Trinajstić information content (AvgIpc) is 3.15. The summed E-state index contributed by atoms with van der Waals surface area (Å²) in [5, 5.41) is 9.77. The summed E-state index contributed by atoms with van der Waals surface area (Å²) in [6.45, 7) is 3.50. The number of hydrogen-bond acceptors (Lipinski definition) is 11. The van der Waals surface area contributed by atoms with Crippen molar-refractivity contribution in [1.29, 1.82) is 0 Å². The van der Waals surface area contributed by atoms with Crippen molar-refractivity contribution in [2.24, 2.45) is 22.9 Å². The summed E-state index contributed by atoms with van der Waals surface area (Å²) in [6.07, 6.45) is 3.50. The van der Waals surface area contributed by atoms with Crippen LogP contribution in [0.2, 0.25) is 0 Å². The van der Waals surface area contributed by atoms with Gasteiger partial charge < -0.3 is 42.7 Å². The zero-order valence-corrected chi connectivity index (χ0v) is 18.1. The Balaban J connectivity index is 0.00000256. The molecule has 3 fully saturated rings. The van der Waals surface area contributed by atoms with Crippen molar-refractivity contribution in [1.82, 2.24) is 15.0 Å². The van der Waals surface area contributed by atoms with Crippen LogP contribution in [0.3, 0.4) is 0 Å². The Labute approximate surface area is 183 Å². The molecule has 30 heavy (non-hydrogen) atoms. The van der Waals surface area contributed by atoms with Crippen LogP contribution in [-0.2, 0) is 0 Å². The maximum Gasteiger partial charge on any atom is 0.232 e. The predicted molar refractivity (Wildman–Crippen MR) is 120 cm³/mol. The summed E-state index contributed by atoms with van der Waals surface area (Å²) >= 11 is 0. The summed E-state index contributed by atoms with van der Waals surface area (Å²) < 4.78 is 0. The zero-order chi connectivity index (χ0) is 20.5. The number of nitrogens with two attached hydrogens (primary N) is 4. The molecular weight excluding hydrogens is 408 g/mol. The van der Waals surface area contributed by atoms with E-state index in [1.54, 1.807) is 0 Å². The van der Waals surface area contributed by atoms with Crippen molar-refractivity contribution in [3.05, 3.63) is 0 Å². The monoisotopic (exact) mass is 442 g/mol. The topological polar surface area (TPSA) is 173 Å². The van der Waals surface area contributed by atoms with E-state index in [0.717, 1.165) is 32.2 Å². The fraction of sp³-hybridized carbons (Fsp3) is 0.833. The molecule has 1 aromatic heterocycles. The number of hydrogen-bond donors (Lipinski definition) is 5. The molecule has 5 atom stereocenters. The first kappa shape index (κ1) is 23.2. The SMILES string of the molecule is Cl.N[C@@H]1C[C@H](N)CN(c2nc(N3C[C@H](N)C[C@H](N)C3)nc(N3CCC[C@@H]3CO)n2)C1. The summed E-state index contributed by atoms with van der Waals surface area (Å²) in [5.74, 6) is 1.74. The van der Waals surface area contributed by atoms with E-state index < -0.39 is 0 Å². The van der Waals surface area contributed by atoms with E-state index in [4.69, 9.17) is 37.9 Å². The highest BCUT2D eigenvalue weighted by Gasteiger charge is 2.32. The van der Waals surface area contributed by atoms with Gasteiger partial charge >= 0.3 is 0 Å². The molecule has 0 unspecified atom stereocenters. The predicted octanol–water partition coefficient (Wildman–Crippen LogP) is -2.02. The lowest BCUT2D eigenvalue weighted by molar-refractivity contribution is 0.265. The Kier molecular flexibility index (Phi) is 7.53. The second-order valence-electron chi connectivity index (χ2n) is 8.73. The van der Waals surface area contributed by atoms with Crippen molar-refractivity contribution in [3.8, 4) is 0 Å². The van der Waals surface area contributed by atoms with Gasteiger partial charge in [-0.3, -0.25) is 0 Å². The van der Waals surface area contributed by atoms with E-state index in [9.17, 15) is 5.11 Å². The molecule has 0 bridgehead atoms. The standard InChI is InChI=1S/C18H34N10O.ClH/c19-11-4-12(20)7-26(6-11)16-23-17(27-8-13(21)5-14(22)9-27)25-18(24-16)28-3-1-2-15(28)10-29;/h11-15,29H,1-10,19-22H2;1H/t11-,12+,13-,14+,15-;/m1./s1. The number of anilines is 3. The maximum atomic E-state index is 9.77. The van der Waals surface area contributed by atoms with E-state index in [0.29, 0.717) is 44.0 Å². The van der Waals surface area contributed by atoms with Crippen LogP contribution in [0.25, 0.3) is 0 Å². The van der Waals surface area contributed by atoms with E-state index in [2.05, 4.69) is 4.90 Å². The number of aliphatic hydroxyl groups excluding tert-OH is 1. The average molecular weight is 443 g/mol. The second kappa shape index (κ2) is 9.75. The molecule has 3 saturated heterocycles. The summed E-state index contributed by atoms with van der Waals surface area (Å²) in [4.78, 5) is 20.4. The smallest absolute Gasteiger partial charge is 0.232 e. The molecule has 0 aromatic carbocycles. The Morgan fingerprint density at radius 1 is 0.767 bits per heavy atom. The van der Waals surface area contributed by atoms with E-state index in [-0.39, 0.29) is 49.2 Å². The number of aromatic nitrogens is 3. The largest absolute Gasteiger partial charge is 0.394 e. The number of halogens is 1. The van der Waals surface area contributed by atoms with E-state index in [1.807, 2.05) is 9.80 Å². The van der Waals surface area contributed by atoms with Crippen LogP contribution < -0.4 is 37.6 Å². The molecular formula is C18H35ClN10O. The molecule has 170 valence electrons. The van der Waals surface area contributed by atoms with Crippen LogP contribution in [-0.4, -0.2) is 89.6 Å². The minimum Gasteiger partial charge on any atom is -0.394 e. The van der Waals surface area contributed by atoms with Crippen molar-refractivity contribution >= 4 is 30.3 Å². The quantitative estimate of drug-likeness (QED) is 0.348. The van der Waals surface area contributed by atoms with Crippen LogP contribution in [0.1, 0.15) is 25.7 Å². The van der Waals surface area contributed by atoms with Crippen LogP contribution in [0.15, 0.2) is 0 Å². The highest BCUT2D eigenvalue weighted by atomic mass is 35.5. The summed E-state index contributed by atoms with van der Waals surface area (Å²) in [7, 11) is 0. The molecule has 12 heteroatoms. The molecule has 0 radical (unpaired) electrons. The minimum absolute atomic E-state index is 0. The first-order valence-electron chi connectivity index (χ1n) is 10.6. The van der Waals surface area contributed by atoms with E-state index in [1.165, 1.54) is 0 Å². The first-order chi connectivity index (χ1) is 13.9. The third kappa shape index (κ3) is 5.04. The van der Waals surface area contributed by atoms with Gasteiger partial charge in [0.2, 0.25) is 17.8 Å². The molecule has 0 aliphatic carbocycles. The van der Waals surface area contributed by atoms with Gasteiger partial charge in [-0.2, -0.15) is 15.0 Å². The normalized spacial score (nSPS) is 32.3. The van der Waals surface area contributed by atoms with Gasteiger partial charge in [-0.25, -0.2) is 0 Å². The molecule has 0 saturated carbocycles. The van der Waals surface area contributed by atoms with Gasteiger partial charge in [0.15, 0.2) is 0 Å². The molecule has 1 aromatic rings. The van der Waals surface area contributed by atoms with Crippen LogP contribution >= 0.6 is 12.4 Å². The second-order valence-corrected chi connectivity index (χ2v) is 8.73. The van der Waals surface area contributed by atoms with Crippen LogP contribution in [0.5, 0.6) is 0 Å². The van der Waals surface area contributed by atoms with Crippen molar-refractivity contribution in [2.45, 2.75) is 55.9 Å².